The third-order valence-electron chi connectivity index (χ3n) is 5.40. The third-order valence-corrected chi connectivity index (χ3v) is 5.40. The van der Waals surface area contributed by atoms with E-state index < -0.39 is 0 Å². The van der Waals surface area contributed by atoms with Crippen LogP contribution in [0.2, 0.25) is 0 Å². The van der Waals surface area contributed by atoms with E-state index in [1.54, 1.807) is 0 Å². The van der Waals surface area contributed by atoms with E-state index in [1.807, 2.05) is 0 Å². The Hall–Kier alpha value is -0.0400. The van der Waals surface area contributed by atoms with Gasteiger partial charge in [-0.25, -0.2) is 0 Å². The molecule has 4 fully saturated rings. The Morgan fingerprint density at radius 3 is 1.86 bits per heavy atom. The van der Waals surface area contributed by atoms with E-state index in [-0.39, 0.29) is 0 Å². The molecule has 1 heteroatoms. The molecule has 0 radical (unpaired) electrons. The molecule has 0 unspecified atom stereocenters. The smallest absolute Gasteiger partial charge is 0.0461 e. The van der Waals surface area contributed by atoms with Crippen LogP contribution in [0.3, 0.4) is 0 Å². The Morgan fingerprint density at radius 1 is 1.07 bits per heavy atom. The van der Waals surface area contributed by atoms with Gasteiger partial charge in [0.2, 0.25) is 0 Å². The molecular formula is C13H22O. The number of hydrogen-bond acceptors (Lipinski definition) is 1. The molecule has 0 amide bonds. The first-order valence-electron chi connectivity index (χ1n) is 6.33. The van der Waals surface area contributed by atoms with Crippen LogP contribution in [0, 0.1) is 29.1 Å². The minimum atomic E-state index is 0.409. The van der Waals surface area contributed by atoms with E-state index in [0.29, 0.717) is 17.9 Å². The van der Waals surface area contributed by atoms with Gasteiger partial charge >= 0.3 is 0 Å². The second kappa shape index (κ2) is 2.98. The Morgan fingerprint density at radius 2 is 1.50 bits per heavy atom. The summed E-state index contributed by atoms with van der Waals surface area (Å²) in [6, 6.07) is 0. The average Bonchev–Trinajstić information content (AvgIpc) is 2.14. The topological polar surface area (TPSA) is 20.2 Å². The first kappa shape index (κ1) is 9.21. The Bertz CT molecular complexity index is 198. The molecule has 4 saturated carbocycles. The summed E-state index contributed by atoms with van der Waals surface area (Å²) in [5.74, 6) is 3.62. The summed E-state index contributed by atoms with van der Waals surface area (Å²) in [6.45, 7) is 2.68. The highest BCUT2D eigenvalue weighted by atomic mass is 16.3. The van der Waals surface area contributed by atoms with E-state index in [2.05, 4.69) is 6.92 Å². The van der Waals surface area contributed by atoms with Gasteiger partial charge < -0.3 is 5.11 Å². The van der Waals surface area contributed by atoms with E-state index >= 15 is 0 Å². The molecule has 0 heterocycles. The van der Waals surface area contributed by atoms with Gasteiger partial charge in [0, 0.05) is 6.61 Å². The highest BCUT2D eigenvalue weighted by Crippen LogP contribution is 2.62. The van der Waals surface area contributed by atoms with E-state index in [1.165, 1.54) is 38.5 Å². The van der Waals surface area contributed by atoms with Gasteiger partial charge in [-0.1, -0.05) is 6.92 Å². The molecule has 0 aromatic rings. The molecule has 0 saturated heterocycles. The number of hydrogen-bond donors (Lipinski definition) is 1. The number of aliphatic hydroxyl groups is 1. The second-order valence-corrected chi connectivity index (χ2v) is 6.36. The Labute approximate surface area is 86.9 Å². The Kier molecular flexibility index (Phi) is 1.96. The largest absolute Gasteiger partial charge is 0.396 e. The van der Waals surface area contributed by atoms with E-state index in [9.17, 15) is 5.11 Å². The summed E-state index contributed by atoms with van der Waals surface area (Å²) in [6.07, 6.45) is 8.83. The predicted molar refractivity (Wildman–Crippen MR) is 56.9 cm³/mol. The lowest BCUT2D eigenvalue weighted by molar-refractivity contribution is -0.0930. The summed E-state index contributed by atoms with van der Waals surface area (Å²) >= 11 is 0. The van der Waals surface area contributed by atoms with Gasteiger partial charge in [-0.05, 0) is 67.6 Å². The summed E-state index contributed by atoms with van der Waals surface area (Å²) in [7, 11) is 0. The van der Waals surface area contributed by atoms with Gasteiger partial charge in [0.25, 0.3) is 0 Å². The summed E-state index contributed by atoms with van der Waals surface area (Å²) in [4.78, 5) is 0. The average molecular weight is 194 g/mol. The number of aliphatic hydroxyl groups excluding tert-OH is 1. The zero-order valence-corrected chi connectivity index (χ0v) is 9.21. The van der Waals surface area contributed by atoms with Gasteiger partial charge in [0.1, 0.15) is 0 Å². The highest BCUT2D eigenvalue weighted by molar-refractivity contribution is 5.03. The molecule has 1 atom stereocenters. The predicted octanol–water partition coefficient (Wildman–Crippen LogP) is 2.83. The van der Waals surface area contributed by atoms with Crippen molar-refractivity contribution in [1.29, 1.82) is 0 Å². The number of rotatable bonds is 2. The molecule has 1 N–H and O–H groups in total. The summed E-state index contributed by atoms with van der Waals surface area (Å²) in [5, 5.41) is 9.39. The molecular weight excluding hydrogens is 172 g/mol. The summed E-state index contributed by atoms with van der Waals surface area (Å²) < 4.78 is 0. The van der Waals surface area contributed by atoms with Crippen LogP contribution in [0.4, 0.5) is 0 Å². The maximum atomic E-state index is 9.39. The fraction of sp³-hybridized carbons (Fsp3) is 1.00. The SMILES string of the molecule is C[C@H](CO)C12CC3CC(CC(C3)C1)C2. The molecule has 0 aliphatic heterocycles. The van der Waals surface area contributed by atoms with Crippen molar-refractivity contribution in [3.63, 3.8) is 0 Å². The molecule has 1 nitrogen and oxygen atoms in total. The fourth-order valence-corrected chi connectivity index (χ4v) is 4.97. The van der Waals surface area contributed by atoms with Crippen LogP contribution < -0.4 is 0 Å². The lowest BCUT2D eigenvalue weighted by atomic mass is 9.47. The Balaban J connectivity index is 1.87. The fourth-order valence-electron chi connectivity index (χ4n) is 4.97. The first-order chi connectivity index (χ1) is 6.72. The monoisotopic (exact) mass is 194 g/mol. The molecule has 0 aromatic carbocycles. The molecule has 14 heavy (non-hydrogen) atoms. The minimum absolute atomic E-state index is 0.409. The van der Waals surface area contributed by atoms with E-state index in [4.69, 9.17) is 0 Å². The molecule has 80 valence electrons. The molecule has 4 aliphatic carbocycles. The van der Waals surface area contributed by atoms with Crippen LogP contribution in [0.5, 0.6) is 0 Å². The van der Waals surface area contributed by atoms with Gasteiger partial charge in [-0.15, -0.1) is 0 Å². The van der Waals surface area contributed by atoms with Crippen LogP contribution in [-0.4, -0.2) is 11.7 Å². The molecule has 4 bridgehead atoms. The van der Waals surface area contributed by atoms with Crippen molar-refractivity contribution in [2.45, 2.75) is 45.4 Å². The van der Waals surface area contributed by atoms with Crippen molar-refractivity contribution >= 4 is 0 Å². The van der Waals surface area contributed by atoms with Crippen LogP contribution in [0.1, 0.15) is 45.4 Å². The second-order valence-electron chi connectivity index (χ2n) is 6.36. The zero-order valence-electron chi connectivity index (χ0n) is 9.21. The van der Waals surface area contributed by atoms with Crippen molar-refractivity contribution in [3.8, 4) is 0 Å². The van der Waals surface area contributed by atoms with Crippen LogP contribution in [-0.2, 0) is 0 Å². The standard InChI is InChI=1S/C13H22O/c1-9(8-14)13-5-10-2-11(6-13)4-12(3-10)7-13/h9-12,14H,2-8H2,1H3/t9-,10?,11?,12?,13?/m1/s1. The minimum Gasteiger partial charge on any atom is -0.396 e. The van der Waals surface area contributed by atoms with Crippen molar-refractivity contribution in [2.75, 3.05) is 6.61 Å². The van der Waals surface area contributed by atoms with Crippen LogP contribution in [0.15, 0.2) is 0 Å². The van der Waals surface area contributed by atoms with Crippen molar-refractivity contribution in [3.05, 3.63) is 0 Å². The molecule has 0 spiro atoms. The quantitative estimate of drug-likeness (QED) is 0.716. The lowest BCUT2D eigenvalue weighted by Crippen LogP contribution is -2.49. The van der Waals surface area contributed by atoms with Gasteiger partial charge in [0.05, 0.1) is 0 Å². The highest BCUT2D eigenvalue weighted by Gasteiger charge is 2.52. The van der Waals surface area contributed by atoms with Crippen LogP contribution in [0.25, 0.3) is 0 Å². The van der Waals surface area contributed by atoms with Crippen molar-refractivity contribution in [1.82, 2.24) is 0 Å². The van der Waals surface area contributed by atoms with Crippen molar-refractivity contribution in [2.24, 2.45) is 29.1 Å². The van der Waals surface area contributed by atoms with Crippen LogP contribution >= 0.6 is 0 Å². The lowest BCUT2D eigenvalue weighted by Gasteiger charge is -2.59. The van der Waals surface area contributed by atoms with Gasteiger partial charge in [0.15, 0.2) is 0 Å². The maximum absolute atomic E-state index is 9.39. The van der Waals surface area contributed by atoms with Gasteiger partial charge in [-0.3, -0.25) is 0 Å². The maximum Gasteiger partial charge on any atom is 0.0461 e. The van der Waals surface area contributed by atoms with E-state index in [0.717, 1.165) is 17.8 Å². The molecule has 4 rings (SSSR count). The molecule has 0 aromatic heterocycles. The normalized spacial score (nSPS) is 52.3. The molecule has 4 aliphatic rings. The van der Waals surface area contributed by atoms with Gasteiger partial charge in [-0.2, -0.15) is 0 Å². The first-order valence-corrected chi connectivity index (χ1v) is 6.33. The summed E-state index contributed by atoms with van der Waals surface area (Å²) in [5.41, 5.74) is 0.559. The van der Waals surface area contributed by atoms with Crippen molar-refractivity contribution < 1.29 is 5.11 Å². The third kappa shape index (κ3) is 1.18. The zero-order chi connectivity index (χ0) is 9.76.